The van der Waals surface area contributed by atoms with E-state index in [2.05, 4.69) is 30.8 Å². The molecule has 0 radical (unpaired) electrons. The van der Waals surface area contributed by atoms with Crippen LogP contribution in [0.3, 0.4) is 0 Å². The van der Waals surface area contributed by atoms with Gasteiger partial charge in [-0.1, -0.05) is 11.6 Å². The van der Waals surface area contributed by atoms with Crippen LogP contribution < -0.4 is 4.90 Å². The highest BCUT2D eigenvalue weighted by Gasteiger charge is 2.08. The van der Waals surface area contributed by atoms with Crippen molar-refractivity contribution >= 4 is 33.3 Å². The first kappa shape index (κ1) is 13.3. The molecule has 0 saturated carbocycles. The van der Waals surface area contributed by atoms with E-state index in [1.54, 1.807) is 18.6 Å². The average Bonchev–Trinajstić information content (AvgIpc) is 2.37. The minimum atomic E-state index is 0.654. The molecule has 0 atom stereocenters. The van der Waals surface area contributed by atoms with Gasteiger partial charge in [-0.2, -0.15) is 0 Å². The Balaban J connectivity index is 2.01. The Morgan fingerprint density at radius 1 is 1.33 bits per heavy atom. The van der Waals surface area contributed by atoms with Gasteiger partial charge in [0.25, 0.3) is 0 Å². The summed E-state index contributed by atoms with van der Waals surface area (Å²) in [6.07, 6.45) is 6.30. The van der Waals surface area contributed by atoms with Crippen LogP contribution in [0.1, 0.15) is 5.56 Å². The van der Waals surface area contributed by atoms with Gasteiger partial charge in [-0.05, 0) is 46.1 Å². The van der Waals surface area contributed by atoms with E-state index < -0.39 is 0 Å². The van der Waals surface area contributed by atoms with Crippen molar-refractivity contribution in [1.82, 2.24) is 9.97 Å². The minimum Gasteiger partial charge on any atom is -0.358 e. The molecule has 0 spiro atoms. The number of likely N-dealkylation sites (N-methyl/N-ethyl adjacent to an activating group) is 1. The molecule has 0 N–H and O–H groups in total. The van der Waals surface area contributed by atoms with Gasteiger partial charge in [-0.3, -0.25) is 4.98 Å². The quantitative estimate of drug-likeness (QED) is 0.860. The van der Waals surface area contributed by atoms with Gasteiger partial charge in [-0.15, -0.1) is 0 Å². The van der Waals surface area contributed by atoms with E-state index in [9.17, 15) is 0 Å². The molecule has 94 valence electrons. The van der Waals surface area contributed by atoms with Crippen molar-refractivity contribution in [3.05, 3.63) is 51.8 Å². The van der Waals surface area contributed by atoms with Crippen LogP contribution in [0.4, 0.5) is 5.82 Å². The summed E-state index contributed by atoms with van der Waals surface area (Å²) < 4.78 is 0.888. The van der Waals surface area contributed by atoms with Gasteiger partial charge in [0, 0.05) is 36.7 Å². The summed E-state index contributed by atoms with van der Waals surface area (Å²) in [4.78, 5) is 10.4. The van der Waals surface area contributed by atoms with Gasteiger partial charge in [0.05, 0.1) is 5.02 Å². The normalized spacial score (nSPS) is 10.4. The second kappa shape index (κ2) is 6.16. The Kier molecular flexibility index (Phi) is 4.55. The number of hydrogen-bond acceptors (Lipinski definition) is 3. The monoisotopic (exact) mass is 325 g/mol. The summed E-state index contributed by atoms with van der Waals surface area (Å²) in [6, 6.07) is 5.89. The first-order chi connectivity index (χ1) is 8.66. The van der Waals surface area contributed by atoms with Gasteiger partial charge in [0.15, 0.2) is 0 Å². The molecule has 0 amide bonds. The van der Waals surface area contributed by atoms with Crippen molar-refractivity contribution in [2.24, 2.45) is 0 Å². The fraction of sp³-hybridized carbons (Fsp3) is 0.231. The van der Waals surface area contributed by atoms with Gasteiger partial charge in [0.1, 0.15) is 5.82 Å². The molecule has 5 heteroatoms. The highest BCUT2D eigenvalue weighted by atomic mass is 79.9. The van der Waals surface area contributed by atoms with Crippen LogP contribution in [0.25, 0.3) is 0 Å². The molecular weight excluding hydrogens is 314 g/mol. The third-order valence-corrected chi connectivity index (χ3v) is 3.35. The lowest BCUT2D eigenvalue weighted by Crippen LogP contribution is -2.21. The van der Waals surface area contributed by atoms with E-state index in [0.717, 1.165) is 23.3 Å². The van der Waals surface area contributed by atoms with E-state index >= 15 is 0 Å². The van der Waals surface area contributed by atoms with Crippen LogP contribution in [0.5, 0.6) is 0 Å². The van der Waals surface area contributed by atoms with Crippen molar-refractivity contribution in [2.45, 2.75) is 6.42 Å². The van der Waals surface area contributed by atoms with Crippen LogP contribution >= 0.6 is 27.5 Å². The number of hydrogen-bond donors (Lipinski definition) is 0. The summed E-state index contributed by atoms with van der Waals surface area (Å²) in [6.45, 7) is 0.859. The maximum absolute atomic E-state index is 6.16. The standard InChI is InChI=1S/C13H13BrClN3/c1-18(7-4-10-2-5-16-6-3-10)13-12(15)8-11(14)9-17-13/h2-3,5-6,8-9H,4,7H2,1H3. The Morgan fingerprint density at radius 2 is 2.06 bits per heavy atom. The summed E-state index contributed by atoms with van der Waals surface area (Å²) in [5.74, 6) is 0.800. The number of pyridine rings is 2. The molecule has 0 fully saturated rings. The lowest BCUT2D eigenvalue weighted by molar-refractivity contribution is 0.858. The highest BCUT2D eigenvalue weighted by Crippen LogP contribution is 2.25. The summed E-state index contributed by atoms with van der Waals surface area (Å²) >= 11 is 9.51. The second-order valence-corrected chi connectivity index (χ2v) is 5.31. The number of halogens is 2. The Labute approximate surface area is 120 Å². The number of rotatable bonds is 4. The molecule has 0 unspecified atom stereocenters. The first-order valence-corrected chi connectivity index (χ1v) is 6.75. The molecule has 18 heavy (non-hydrogen) atoms. The summed E-state index contributed by atoms with van der Waals surface area (Å²) in [5.41, 5.74) is 1.25. The molecule has 0 aromatic carbocycles. The maximum atomic E-state index is 6.16. The predicted molar refractivity (Wildman–Crippen MR) is 78.2 cm³/mol. The van der Waals surface area contributed by atoms with Crippen molar-refractivity contribution < 1.29 is 0 Å². The molecule has 0 aliphatic carbocycles. The van der Waals surface area contributed by atoms with Gasteiger partial charge < -0.3 is 4.90 Å². The zero-order valence-electron chi connectivity index (χ0n) is 9.98. The molecule has 2 aromatic heterocycles. The predicted octanol–water partition coefficient (Wildman–Crippen LogP) is 3.57. The smallest absolute Gasteiger partial charge is 0.147 e. The Bertz CT molecular complexity index is 519. The summed E-state index contributed by atoms with van der Waals surface area (Å²) in [5, 5.41) is 0.654. The van der Waals surface area contributed by atoms with Crippen LogP contribution in [-0.2, 0) is 6.42 Å². The third-order valence-electron chi connectivity index (χ3n) is 2.64. The molecule has 0 aliphatic rings. The fourth-order valence-corrected chi connectivity index (χ4v) is 2.41. The molecular formula is C13H13BrClN3. The molecule has 2 heterocycles. The van der Waals surface area contributed by atoms with E-state index in [-0.39, 0.29) is 0 Å². The molecule has 2 aromatic rings. The molecule has 3 nitrogen and oxygen atoms in total. The van der Waals surface area contributed by atoms with Gasteiger partial charge in [0.2, 0.25) is 0 Å². The third kappa shape index (κ3) is 3.43. The Morgan fingerprint density at radius 3 is 2.72 bits per heavy atom. The number of nitrogens with zero attached hydrogens (tertiary/aromatic N) is 3. The van der Waals surface area contributed by atoms with Crippen molar-refractivity contribution in [2.75, 3.05) is 18.5 Å². The lowest BCUT2D eigenvalue weighted by atomic mass is 10.2. The van der Waals surface area contributed by atoms with Gasteiger partial charge >= 0.3 is 0 Å². The van der Waals surface area contributed by atoms with Crippen LogP contribution in [0.15, 0.2) is 41.3 Å². The van der Waals surface area contributed by atoms with Crippen LogP contribution in [0, 0.1) is 0 Å². The lowest BCUT2D eigenvalue weighted by Gasteiger charge is -2.19. The zero-order chi connectivity index (χ0) is 13.0. The molecule has 2 rings (SSSR count). The molecule has 0 saturated heterocycles. The van der Waals surface area contributed by atoms with Gasteiger partial charge in [-0.25, -0.2) is 4.98 Å². The van der Waals surface area contributed by atoms with E-state index in [4.69, 9.17) is 11.6 Å². The van der Waals surface area contributed by atoms with Crippen molar-refractivity contribution in [3.63, 3.8) is 0 Å². The first-order valence-electron chi connectivity index (χ1n) is 5.58. The summed E-state index contributed by atoms with van der Waals surface area (Å²) in [7, 11) is 1.99. The van der Waals surface area contributed by atoms with Crippen LogP contribution in [0.2, 0.25) is 5.02 Å². The maximum Gasteiger partial charge on any atom is 0.147 e. The average molecular weight is 327 g/mol. The minimum absolute atomic E-state index is 0.654. The SMILES string of the molecule is CN(CCc1ccncc1)c1ncc(Br)cc1Cl. The van der Waals surface area contributed by atoms with Crippen LogP contribution in [-0.4, -0.2) is 23.6 Å². The van der Waals surface area contributed by atoms with E-state index in [1.807, 2.05) is 25.2 Å². The van der Waals surface area contributed by atoms with E-state index in [0.29, 0.717) is 5.02 Å². The Hall–Kier alpha value is -1.13. The highest BCUT2D eigenvalue weighted by molar-refractivity contribution is 9.10. The largest absolute Gasteiger partial charge is 0.358 e. The zero-order valence-corrected chi connectivity index (χ0v) is 12.3. The topological polar surface area (TPSA) is 29.0 Å². The van der Waals surface area contributed by atoms with Crippen molar-refractivity contribution in [1.29, 1.82) is 0 Å². The fourth-order valence-electron chi connectivity index (χ4n) is 1.64. The second-order valence-electron chi connectivity index (χ2n) is 3.99. The molecule has 0 aliphatic heterocycles. The van der Waals surface area contributed by atoms with Crippen molar-refractivity contribution in [3.8, 4) is 0 Å². The number of aromatic nitrogens is 2. The number of anilines is 1. The molecule has 0 bridgehead atoms. The van der Waals surface area contributed by atoms with E-state index in [1.165, 1.54) is 5.56 Å².